The summed E-state index contributed by atoms with van der Waals surface area (Å²) in [5.41, 5.74) is 0. The van der Waals surface area contributed by atoms with Gasteiger partial charge >= 0.3 is 0 Å². The zero-order chi connectivity index (χ0) is 13.8. The van der Waals surface area contributed by atoms with Gasteiger partial charge in [0.2, 0.25) is 0 Å². The summed E-state index contributed by atoms with van der Waals surface area (Å²) < 4.78 is 0. The van der Waals surface area contributed by atoms with Crippen LogP contribution in [0.1, 0.15) is 58.7 Å². The molecule has 1 aliphatic carbocycles. The first-order chi connectivity index (χ1) is 9.08. The highest BCUT2D eigenvalue weighted by atomic mass is 15.1. The van der Waals surface area contributed by atoms with Crippen molar-refractivity contribution < 1.29 is 0 Å². The summed E-state index contributed by atoms with van der Waals surface area (Å²) in [5.74, 6) is 4.02. The molecule has 0 aliphatic heterocycles. The number of nitrogens with one attached hydrogen (secondary N) is 2. The van der Waals surface area contributed by atoms with Crippen LogP contribution in [0.2, 0.25) is 0 Å². The Bertz CT molecular complexity index is 411. The van der Waals surface area contributed by atoms with Crippen LogP contribution in [-0.2, 0) is 0 Å². The Kier molecular flexibility index (Phi) is 4.61. The first kappa shape index (κ1) is 14.1. The second kappa shape index (κ2) is 6.22. The van der Waals surface area contributed by atoms with Crippen molar-refractivity contribution in [1.29, 1.82) is 0 Å². The third-order valence-electron chi connectivity index (χ3n) is 3.54. The minimum atomic E-state index is 0.351. The molecular formula is C15H26N4. The van der Waals surface area contributed by atoms with Gasteiger partial charge in [-0.2, -0.15) is 0 Å². The van der Waals surface area contributed by atoms with Gasteiger partial charge in [-0.25, -0.2) is 9.97 Å². The molecular weight excluding hydrogens is 236 g/mol. The lowest BCUT2D eigenvalue weighted by molar-refractivity contribution is 0.308. The summed E-state index contributed by atoms with van der Waals surface area (Å²) in [4.78, 5) is 9.20. The molecule has 19 heavy (non-hydrogen) atoms. The van der Waals surface area contributed by atoms with E-state index >= 15 is 0 Å². The molecule has 0 bridgehead atoms. The van der Waals surface area contributed by atoms with Gasteiger partial charge in [0.05, 0.1) is 0 Å². The average molecular weight is 262 g/mol. The van der Waals surface area contributed by atoms with E-state index in [1.54, 1.807) is 0 Å². The van der Waals surface area contributed by atoms with Crippen molar-refractivity contribution in [2.45, 2.75) is 58.9 Å². The molecule has 1 aliphatic rings. The molecule has 1 aromatic heterocycles. The predicted octanol–water partition coefficient (Wildman–Crippen LogP) is 3.63. The summed E-state index contributed by atoms with van der Waals surface area (Å²) >= 11 is 0. The molecule has 0 spiro atoms. The van der Waals surface area contributed by atoms with Gasteiger partial charge in [-0.05, 0) is 25.2 Å². The van der Waals surface area contributed by atoms with E-state index in [2.05, 4.69) is 48.3 Å². The summed E-state index contributed by atoms with van der Waals surface area (Å²) in [7, 11) is 0. The van der Waals surface area contributed by atoms with Crippen molar-refractivity contribution in [2.75, 3.05) is 17.2 Å². The van der Waals surface area contributed by atoms with E-state index in [-0.39, 0.29) is 0 Å². The second-order valence-corrected chi connectivity index (χ2v) is 6.00. The number of hydrogen-bond donors (Lipinski definition) is 2. The number of aromatic nitrogens is 2. The van der Waals surface area contributed by atoms with Gasteiger partial charge in [0.1, 0.15) is 17.5 Å². The maximum Gasteiger partial charge on any atom is 0.135 e. The molecule has 1 fully saturated rings. The first-order valence-electron chi connectivity index (χ1n) is 7.47. The maximum atomic E-state index is 4.63. The van der Waals surface area contributed by atoms with E-state index < -0.39 is 0 Å². The third-order valence-corrected chi connectivity index (χ3v) is 3.54. The van der Waals surface area contributed by atoms with E-state index in [1.807, 2.05) is 6.07 Å². The van der Waals surface area contributed by atoms with Crippen LogP contribution < -0.4 is 10.6 Å². The van der Waals surface area contributed by atoms with Crippen LogP contribution in [-0.4, -0.2) is 22.6 Å². The molecule has 1 saturated carbocycles. The molecule has 1 heterocycles. The van der Waals surface area contributed by atoms with E-state index in [1.165, 1.54) is 12.8 Å². The Hall–Kier alpha value is -1.32. The Labute approximate surface area is 116 Å². The van der Waals surface area contributed by atoms with Gasteiger partial charge < -0.3 is 10.6 Å². The molecule has 0 unspecified atom stereocenters. The molecule has 0 aromatic carbocycles. The Morgan fingerprint density at radius 3 is 2.53 bits per heavy atom. The largest absolute Gasteiger partial charge is 0.370 e. The standard InChI is InChI=1S/C15H26N4/c1-5-6-16-13-9-14(17-12-7-11(4)8-12)19-15(18-13)10(2)3/h9-12H,5-8H2,1-4H3,(H2,16,17,18,19). The Morgan fingerprint density at radius 2 is 1.95 bits per heavy atom. The highest BCUT2D eigenvalue weighted by Gasteiger charge is 2.25. The lowest BCUT2D eigenvalue weighted by Gasteiger charge is -2.33. The normalized spacial score (nSPS) is 22.2. The van der Waals surface area contributed by atoms with Gasteiger partial charge in [0, 0.05) is 24.6 Å². The monoisotopic (exact) mass is 262 g/mol. The van der Waals surface area contributed by atoms with E-state index in [0.717, 1.165) is 36.3 Å². The smallest absolute Gasteiger partial charge is 0.135 e. The molecule has 2 rings (SSSR count). The van der Waals surface area contributed by atoms with Crippen molar-refractivity contribution in [3.63, 3.8) is 0 Å². The highest BCUT2D eigenvalue weighted by molar-refractivity contribution is 5.48. The molecule has 0 saturated heterocycles. The summed E-state index contributed by atoms with van der Waals surface area (Å²) in [5, 5.41) is 6.89. The quantitative estimate of drug-likeness (QED) is 0.822. The summed E-state index contributed by atoms with van der Waals surface area (Å²) in [6.45, 7) is 9.68. The molecule has 4 nitrogen and oxygen atoms in total. The molecule has 0 atom stereocenters. The lowest BCUT2D eigenvalue weighted by Crippen LogP contribution is -2.34. The minimum Gasteiger partial charge on any atom is -0.370 e. The van der Waals surface area contributed by atoms with Gasteiger partial charge in [0.25, 0.3) is 0 Å². The van der Waals surface area contributed by atoms with Gasteiger partial charge in [-0.1, -0.05) is 27.7 Å². The fourth-order valence-corrected chi connectivity index (χ4v) is 2.37. The Morgan fingerprint density at radius 1 is 1.26 bits per heavy atom. The van der Waals surface area contributed by atoms with Crippen molar-refractivity contribution >= 4 is 11.6 Å². The van der Waals surface area contributed by atoms with Gasteiger partial charge in [-0.15, -0.1) is 0 Å². The van der Waals surface area contributed by atoms with Crippen molar-refractivity contribution in [1.82, 2.24) is 9.97 Å². The molecule has 2 N–H and O–H groups in total. The van der Waals surface area contributed by atoms with Gasteiger partial charge in [0.15, 0.2) is 0 Å². The number of anilines is 2. The maximum absolute atomic E-state index is 4.63. The average Bonchev–Trinajstić information content (AvgIpc) is 2.34. The molecule has 0 amide bonds. The van der Waals surface area contributed by atoms with Gasteiger partial charge in [-0.3, -0.25) is 0 Å². The molecule has 106 valence electrons. The number of rotatable bonds is 6. The molecule has 4 heteroatoms. The predicted molar refractivity (Wildman–Crippen MR) is 80.7 cm³/mol. The lowest BCUT2D eigenvalue weighted by atomic mass is 9.82. The topological polar surface area (TPSA) is 49.8 Å². The zero-order valence-electron chi connectivity index (χ0n) is 12.5. The number of hydrogen-bond acceptors (Lipinski definition) is 4. The van der Waals surface area contributed by atoms with Crippen LogP contribution in [0.3, 0.4) is 0 Å². The van der Waals surface area contributed by atoms with Crippen LogP contribution in [0, 0.1) is 5.92 Å². The third kappa shape index (κ3) is 3.82. The van der Waals surface area contributed by atoms with Crippen LogP contribution >= 0.6 is 0 Å². The highest BCUT2D eigenvalue weighted by Crippen LogP contribution is 2.29. The molecule has 1 aromatic rings. The van der Waals surface area contributed by atoms with Crippen LogP contribution in [0.15, 0.2) is 6.07 Å². The number of nitrogens with zero attached hydrogens (tertiary/aromatic N) is 2. The zero-order valence-corrected chi connectivity index (χ0v) is 12.5. The molecule has 0 radical (unpaired) electrons. The fraction of sp³-hybridized carbons (Fsp3) is 0.733. The summed E-state index contributed by atoms with van der Waals surface area (Å²) in [6.07, 6.45) is 3.60. The van der Waals surface area contributed by atoms with Crippen molar-refractivity contribution in [3.05, 3.63) is 11.9 Å². The van der Waals surface area contributed by atoms with E-state index in [0.29, 0.717) is 12.0 Å². The summed E-state index contributed by atoms with van der Waals surface area (Å²) in [6, 6.07) is 2.62. The SMILES string of the molecule is CCCNc1cc(NC2CC(C)C2)nc(C(C)C)n1. The van der Waals surface area contributed by atoms with Crippen molar-refractivity contribution in [3.8, 4) is 0 Å². The van der Waals surface area contributed by atoms with Crippen LogP contribution in [0.25, 0.3) is 0 Å². The Balaban J connectivity index is 2.09. The first-order valence-corrected chi connectivity index (χ1v) is 7.47. The van der Waals surface area contributed by atoms with E-state index in [4.69, 9.17) is 0 Å². The minimum absolute atomic E-state index is 0.351. The fourth-order valence-electron chi connectivity index (χ4n) is 2.37. The van der Waals surface area contributed by atoms with Crippen LogP contribution in [0.4, 0.5) is 11.6 Å². The second-order valence-electron chi connectivity index (χ2n) is 6.00. The van der Waals surface area contributed by atoms with Crippen molar-refractivity contribution in [2.24, 2.45) is 5.92 Å². The van der Waals surface area contributed by atoms with Crippen LogP contribution in [0.5, 0.6) is 0 Å². The van der Waals surface area contributed by atoms with E-state index in [9.17, 15) is 0 Å².